The van der Waals surface area contributed by atoms with E-state index in [2.05, 4.69) is 18.2 Å². The molecule has 39 heavy (non-hydrogen) atoms. The van der Waals surface area contributed by atoms with Crippen molar-refractivity contribution in [3.05, 3.63) is 102 Å². The van der Waals surface area contributed by atoms with E-state index in [9.17, 15) is 9.59 Å². The largest absolute Gasteiger partial charge is 0.490 e. The molecule has 5 rings (SSSR count). The van der Waals surface area contributed by atoms with Crippen molar-refractivity contribution in [1.29, 1.82) is 0 Å². The number of fused-ring (bicyclic) bond motifs is 1. The van der Waals surface area contributed by atoms with Crippen molar-refractivity contribution in [1.82, 2.24) is 5.01 Å². The average Bonchev–Trinajstić information content (AvgIpc) is 3.37. The molecule has 200 valence electrons. The number of allylic oxidation sites excluding steroid dienone is 1. The summed E-state index contributed by atoms with van der Waals surface area (Å²) in [6.45, 7) is 1.60. The third-order valence-corrected chi connectivity index (χ3v) is 6.89. The van der Waals surface area contributed by atoms with E-state index >= 15 is 0 Å². The summed E-state index contributed by atoms with van der Waals surface area (Å²) in [7, 11) is 0. The molecule has 1 saturated carbocycles. The molecule has 0 radical (unpaired) electrons. The summed E-state index contributed by atoms with van der Waals surface area (Å²) in [5, 5.41) is 6.35. The number of hydrogen-bond acceptors (Lipinski definition) is 6. The molecule has 3 aromatic rings. The number of benzene rings is 3. The van der Waals surface area contributed by atoms with Crippen molar-refractivity contribution in [3.63, 3.8) is 0 Å². The van der Waals surface area contributed by atoms with E-state index in [1.807, 2.05) is 61.5 Å². The lowest BCUT2D eigenvalue weighted by atomic mass is 9.77. The van der Waals surface area contributed by atoms with E-state index in [4.69, 9.17) is 19.3 Å². The highest BCUT2D eigenvalue weighted by Gasteiger charge is 2.43. The summed E-state index contributed by atoms with van der Waals surface area (Å²) in [6.07, 6.45) is 5.02. The number of hydrogen-bond donors (Lipinski definition) is 0. The van der Waals surface area contributed by atoms with Crippen LogP contribution in [0.3, 0.4) is 0 Å². The van der Waals surface area contributed by atoms with Crippen molar-refractivity contribution >= 4 is 23.7 Å². The lowest BCUT2D eigenvalue weighted by Crippen LogP contribution is -2.35. The van der Waals surface area contributed by atoms with Gasteiger partial charge in [-0.1, -0.05) is 72.8 Å². The molecule has 1 amide bonds. The first-order valence-corrected chi connectivity index (χ1v) is 13.4. The highest BCUT2D eigenvalue weighted by Crippen LogP contribution is 2.44. The molecule has 2 aliphatic rings. The van der Waals surface area contributed by atoms with Crippen molar-refractivity contribution in [3.8, 4) is 11.5 Å². The molecule has 1 heterocycles. The predicted molar refractivity (Wildman–Crippen MR) is 149 cm³/mol. The third kappa shape index (κ3) is 6.20. The fourth-order valence-corrected chi connectivity index (χ4v) is 5.17. The number of amides is 1. The summed E-state index contributed by atoms with van der Waals surface area (Å²) in [6, 6.07) is 27.0. The highest BCUT2D eigenvalue weighted by atomic mass is 16.6. The molecule has 0 unspecified atom stereocenters. The van der Waals surface area contributed by atoms with Crippen LogP contribution >= 0.6 is 0 Å². The van der Waals surface area contributed by atoms with E-state index in [1.165, 1.54) is 5.01 Å². The minimum absolute atomic E-state index is 0.0779. The maximum Gasteiger partial charge on any atom is 0.344 e. The van der Waals surface area contributed by atoms with Gasteiger partial charge in [0.2, 0.25) is 0 Å². The number of para-hydroxylation sites is 2. The molecule has 1 aliphatic heterocycles. The van der Waals surface area contributed by atoms with Crippen LogP contribution in [0.1, 0.15) is 43.4 Å². The van der Waals surface area contributed by atoms with Crippen molar-refractivity contribution < 1.29 is 23.8 Å². The van der Waals surface area contributed by atoms with E-state index in [0.29, 0.717) is 18.1 Å². The molecule has 7 nitrogen and oxygen atoms in total. The van der Waals surface area contributed by atoms with Gasteiger partial charge in [-0.25, -0.2) is 9.80 Å². The summed E-state index contributed by atoms with van der Waals surface area (Å²) in [5.41, 5.74) is 4.20. The van der Waals surface area contributed by atoms with Gasteiger partial charge in [-0.05, 0) is 61.1 Å². The van der Waals surface area contributed by atoms with Gasteiger partial charge in [0.15, 0.2) is 24.7 Å². The maximum absolute atomic E-state index is 13.4. The Hall–Kier alpha value is -4.39. The molecule has 7 heteroatoms. The van der Waals surface area contributed by atoms with Crippen LogP contribution in [0, 0.1) is 5.92 Å². The Labute approximate surface area is 228 Å². The number of carbonyl (C=O) groups is 2. The monoisotopic (exact) mass is 524 g/mol. The zero-order chi connectivity index (χ0) is 27.0. The van der Waals surface area contributed by atoms with Gasteiger partial charge in [0.25, 0.3) is 5.91 Å². The molecule has 1 fully saturated rings. The lowest BCUT2D eigenvalue weighted by Gasteiger charge is -2.29. The van der Waals surface area contributed by atoms with Crippen LogP contribution in [0.2, 0.25) is 0 Å². The van der Waals surface area contributed by atoms with Gasteiger partial charge in [0.05, 0.1) is 18.4 Å². The van der Waals surface area contributed by atoms with Gasteiger partial charge < -0.3 is 14.2 Å². The molecule has 3 aromatic carbocycles. The van der Waals surface area contributed by atoms with Crippen LogP contribution in [0.25, 0.3) is 6.08 Å². The number of nitrogens with zero attached hydrogens (tertiary/aromatic N) is 2. The van der Waals surface area contributed by atoms with Gasteiger partial charge in [0.1, 0.15) is 0 Å². The number of carbonyl (C=O) groups excluding carboxylic acids is 2. The zero-order valence-corrected chi connectivity index (χ0v) is 22.0. The molecular weight excluding hydrogens is 492 g/mol. The van der Waals surface area contributed by atoms with E-state index < -0.39 is 12.6 Å². The molecule has 0 spiro atoms. The summed E-state index contributed by atoms with van der Waals surface area (Å²) in [5.74, 6) is 0.0610. The normalized spacial score (nSPS) is 19.3. The Morgan fingerprint density at radius 1 is 0.897 bits per heavy atom. The molecule has 0 bridgehead atoms. The summed E-state index contributed by atoms with van der Waals surface area (Å²) in [4.78, 5) is 25.9. The fourth-order valence-electron chi connectivity index (χ4n) is 5.17. The Morgan fingerprint density at radius 2 is 1.56 bits per heavy atom. The Morgan fingerprint density at radius 3 is 2.28 bits per heavy atom. The van der Waals surface area contributed by atoms with Crippen LogP contribution in [0.4, 0.5) is 0 Å². The molecular formula is C32H32N2O5. The second-order valence-corrected chi connectivity index (χ2v) is 9.49. The van der Waals surface area contributed by atoms with Crippen molar-refractivity contribution in [2.45, 2.75) is 32.2 Å². The van der Waals surface area contributed by atoms with Crippen molar-refractivity contribution in [2.75, 3.05) is 19.8 Å². The SMILES string of the molecule is CCOc1ccccc1OCC(=O)OCC(=O)N1N=C2/C(=C\c3ccccc3)CCC[C@@H]2[C@H]1c1ccccc1. The molecule has 0 saturated heterocycles. The molecule has 1 aliphatic carbocycles. The van der Waals surface area contributed by atoms with Gasteiger partial charge in [0, 0.05) is 5.92 Å². The molecule has 2 atom stereocenters. The summed E-state index contributed by atoms with van der Waals surface area (Å²) >= 11 is 0. The first-order chi connectivity index (χ1) is 19.1. The maximum atomic E-state index is 13.4. The van der Waals surface area contributed by atoms with Gasteiger partial charge >= 0.3 is 5.97 Å². The minimum Gasteiger partial charge on any atom is -0.490 e. The number of esters is 1. The average molecular weight is 525 g/mol. The smallest absolute Gasteiger partial charge is 0.344 e. The minimum atomic E-state index is -0.639. The van der Waals surface area contributed by atoms with E-state index in [1.54, 1.807) is 18.2 Å². The second kappa shape index (κ2) is 12.4. The second-order valence-electron chi connectivity index (χ2n) is 9.49. The zero-order valence-electron chi connectivity index (χ0n) is 22.0. The van der Waals surface area contributed by atoms with E-state index in [0.717, 1.165) is 41.7 Å². The summed E-state index contributed by atoms with van der Waals surface area (Å²) < 4.78 is 16.4. The van der Waals surface area contributed by atoms with Crippen LogP contribution in [0.5, 0.6) is 11.5 Å². The number of ether oxygens (including phenoxy) is 3. The number of hydrazone groups is 1. The third-order valence-electron chi connectivity index (χ3n) is 6.89. The predicted octanol–water partition coefficient (Wildman–Crippen LogP) is 5.83. The first-order valence-electron chi connectivity index (χ1n) is 13.4. The fraction of sp³-hybridized carbons (Fsp3) is 0.281. The van der Waals surface area contributed by atoms with Crippen LogP contribution < -0.4 is 9.47 Å². The standard InChI is InChI=1S/C32H32N2O5/c1-2-37-27-18-9-10-19-28(27)38-22-30(36)39-21-29(35)34-32(24-14-7-4-8-15-24)26-17-11-16-25(31(26)33-34)20-23-12-5-3-6-13-23/h3-10,12-15,18-20,26,32H,2,11,16-17,21-22H2,1H3/b25-20-/t26-,32+/m0/s1. The van der Waals surface area contributed by atoms with Crippen LogP contribution in [0.15, 0.2) is 95.6 Å². The van der Waals surface area contributed by atoms with Crippen LogP contribution in [-0.2, 0) is 14.3 Å². The Balaban J connectivity index is 1.30. The highest BCUT2D eigenvalue weighted by molar-refractivity contribution is 6.08. The van der Waals surface area contributed by atoms with Crippen molar-refractivity contribution in [2.24, 2.45) is 11.0 Å². The Kier molecular flexibility index (Phi) is 8.36. The van der Waals surface area contributed by atoms with Gasteiger partial charge in [-0.3, -0.25) is 4.79 Å². The first kappa shape index (κ1) is 26.2. The quantitative estimate of drug-likeness (QED) is 0.329. The Bertz CT molecular complexity index is 1350. The number of rotatable bonds is 9. The van der Waals surface area contributed by atoms with Gasteiger partial charge in [-0.15, -0.1) is 0 Å². The molecule has 0 N–H and O–H groups in total. The van der Waals surface area contributed by atoms with Gasteiger partial charge in [-0.2, -0.15) is 5.10 Å². The van der Waals surface area contributed by atoms with Crippen LogP contribution in [-0.4, -0.2) is 42.4 Å². The topological polar surface area (TPSA) is 77.4 Å². The van der Waals surface area contributed by atoms with E-state index in [-0.39, 0.29) is 24.5 Å². The lowest BCUT2D eigenvalue weighted by molar-refractivity contribution is -0.154. The molecule has 0 aromatic heterocycles.